The van der Waals surface area contributed by atoms with E-state index in [1.165, 1.54) is 5.56 Å². The van der Waals surface area contributed by atoms with Gasteiger partial charge in [-0.25, -0.2) is 0 Å². The number of aliphatic hydroxyl groups excluding tert-OH is 1. The minimum atomic E-state index is -0.0419. The van der Waals surface area contributed by atoms with Crippen LogP contribution in [-0.2, 0) is 24.3 Å². The van der Waals surface area contributed by atoms with Crippen molar-refractivity contribution >= 4 is 0 Å². The molecule has 1 unspecified atom stereocenters. The van der Waals surface area contributed by atoms with Gasteiger partial charge in [-0.3, -0.25) is 4.90 Å². The Morgan fingerprint density at radius 1 is 1.10 bits per heavy atom. The number of hydrogen-bond acceptors (Lipinski definition) is 4. The Hall–Kier alpha value is -1.62. The molecule has 0 amide bonds. The van der Waals surface area contributed by atoms with Crippen LogP contribution in [0.25, 0.3) is 0 Å². The summed E-state index contributed by atoms with van der Waals surface area (Å²) < 4.78 is 11.4. The van der Waals surface area contributed by atoms with E-state index >= 15 is 0 Å². The van der Waals surface area contributed by atoms with E-state index in [4.69, 9.17) is 14.3 Å². The molecular formula is C17H21NO3. The molecule has 1 atom stereocenters. The van der Waals surface area contributed by atoms with Crippen LogP contribution in [0.5, 0.6) is 0 Å². The zero-order valence-electron chi connectivity index (χ0n) is 12.1. The van der Waals surface area contributed by atoms with Crippen LogP contribution in [-0.4, -0.2) is 35.8 Å². The molecule has 3 rings (SSSR count). The Bertz CT molecular complexity index is 552. The largest absolute Gasteiger partial charge is 0.462 e. The molecule has 1 N–H and O–H groups in total. The van der Waals surface area contributed by atoms with E-state index in [9.17, 15) is 0 Å². The average molecular weight is 287 g/mol. The van der Waals surface area contributed by atoms with Crippen LogP contribution in [0, 0.1) is 0 Å². The maximum absolute atomic E-state index is 9.04. The van der Waals surface area contributed by atoms with E-state index in [0.29, 0.717) is 5.76 Å². The maximum atomic E-state index is 9.04. The first-order valence-electron chi connectivity index (χ1n) is 7.40. The van der Waals surface area contributed by atoms with Gasteiger partial charge in [-0.15, -0.1) is 0 Å². The highest BCUT2D eigenvalue weighted by Gasteiger charge is 2.21. The summed E-state index contributed by atoms with van der Waals surface area (Å²) in [5.74, 6) is 1.53. The van der Waals surface area contributed by atoms with Gasteiger partial charge in [-0.05, 0) is 24.1 Å². The summed E-state index contributed by atoms with van der Waals surface area (Å²) in [6, 6.07) is 14.2. The fraction of sp³-hybridized carbons (Fsp3) is 0.412. The van der Waals surface area contributed by atoms with Gasteiger partial charge < -0.3 is 14.3 Å². The van der Waals surface area contributed by atoms with Gasteiger partial charge in [-0.1, -0.05) is 30.3 Å². The highest BCUT2D eigenvalue weighted by molar-refractivity contribution is 5.15. The van der Waals surface area contributed by atoms with Crippen LogP contribution in [0.15, 0.2) is 46.9 Å². The van der Waals surface area contributed by atoms with Crippen molar-refractivity contribution in [1.82, 2.24) is 4.90 Å². The smallest absolute Gasteiger partial charge is 0.129 e. The molecular weight excluding hydrogens is 266 g/mol. The third-order valence-electron chi connectivity index (χ3n) is 3.78. The normalized spacial score (nSPS) is 19.8. The molecule has 1 fully saturated rings. The van der Waals surface area contributed by atoms with E-state index < -0.39 is 0 Å². The predicted molar refractivity (Wildman–Crippen MR) is 79.8 cm³/mol. The number of hydrogen-bond donors (Lipinski definition) is 1. The summed E-state index contributed by atoms with van der Waals surface area (Å²) in [6.45, 7) is 3.31. The summed E-state index contributed by atoms with van der Waals surface area (Å²) in [4.78, 5) is 2.34. The molecule has 2 aromatic rings. The SMILES string of the molecule is OCc1ccc(CN2CCOC(Cc3ccccc3)C2)o1. The standard InChI is InChI=1S/C17H21NO3/c19-13-16-7-6-15(21-16)11-18-8-9-20-17(12-18)10-14-4-2-1-3-5-14/h1-7,17,19H,8-13H2. The lowest BCUT2D eigenvalue weighted by atomic mass is 10.1. The second-order valence-corrected chi connectivity index (χ2v) is 5.44. The van der Waals surface area contributed by atoms with E-state index in [2.05, 4.69) is 29.2 Å². The van der Waals surface area contributed by atoms with E-state index in [1.54, 1.807) is 0 Å². The van der Waals surface area contributed by atoms with Crippen LogP contribution in [0.1, 0.15) is 17.1 Å². The second kappa shape index (κ2) is 6.89. The van der Waals surface area contributed by atoms with Crippen molar-refractivity contribution in [3.8, 4) is 0 Å². The van der Waals surface area contributed by atoms with Gasteiger partial charge in [0.2, 0.25) is 0 Å². The number of morpholine rings is 1. The molecule has 1 aliphatic rings. The third kappa shape index (κ3) is 3.94. The molecule has 0 radical (unpaired) electrons. The minimum absolute atomic E-state index is 0.0419. The van der Waals surface area contributed by atoms with Gasteiger partial charge in [0.1, 0.15) is 18.1 Å². The molecule has 2 heterocycles. The van der Waals surface area contributed by atoms with Gasteiger partial charge in [0.15, 0.2) is 0 Å². The topological polar surface area (TPSA) is 45.8 Å². The number of benzene rings is 1. The highest BCUT2D eigenvalue weighted by atomic mass is 16.5. The number of rotatable bonds is 5. The lowest BCUT2D eigenvalue weighted by Crippen LogP contribution is -2.42. The first-order chi connectivity index (χ1) is 10.3. The van der Waals surface area contributed by atoms with Crippen molar-refractivity contribution in [3.05, 3.63) is 59.5 Å². The van der Waals surface area contributed by atoms with Crippen molar-refractivity contribution in [2.75, 3.05) is 19.7 Å². The molecule has 1 aliphatic heterocycles. The van der Waals surface area contributed by atoms with Gasteiger partial charge in [0.05, 0.1) is 19.3 Å². The Balaban J connectivity index is 1.55. The lowest BCUT2D eigenvalue weighted by molar-refractivity contribution is -0.0323. The Morgan fingerprint density at radius 3 is 2.67 bits per heavy atom. The molecule has 4 nitrogen and oxygen atoms in total. The van der Waals surface area contributed by atoms with Gasteiger partial charge in [0, 0.05) is 13.1 Å². The van der Waals surface area contributed by atoms with Crippen LogP contribution in [0.3, 0.4) is 0 Å². The monoisotopic (exact) mass is 287 g/mol. The quantitative estimate of drug-likeness (QED) is 0.916. The van der Waals surface area contributed by atoms with Crippen LogP contribution < -0.4 is 0 Å². The van der Waals surface area contributed by atoms with Crippen molar-refractivity contribution in [3.63, 3.8) is 0 Å². The van der Waals surface area contributed by atoms with Crippen LogP contribution >= 0.6 is 0 Å². The number of nitrogens with zero attached hydrogens (tertiary/aromatic N) is 1. The van der Waals surface area contributed by atoms with Crippen molar-refractivity contribution in [2.45, 2.75) is 25.7 Å². The molecule has 1 saturated heterocycles. The first-order valence-corrected chi connectivity index (χ1v) is 7.40. The summed E-state index contributed by atoms with van der Waals surface area (Å²) in [7, 11) is 0. The van der Waals surface area contributed by atoms with Crippen LogP contribution in [0.2, 0.25) is 0 Å². The molecule has 4 heteroatoms. The van der Waals surface area contributed by atoms with Crippen molar-refractivity contribution in [2.24, 2.45) is 0 Å². The fourth-order valence-electron chi connectivity index (χ4n) is 2.74. The van der Waals surface area contributed by atoms with E-state index in [0.717, 1.165) is 38.4 Å². The molecule has 0 saturated carbocycles. The molecule has 0 spiro atoms. The van der Waals surface area contributed by atoms with E-state index in [-0.39, 0.29) is 12.7 Å². The van der Waals surface area contributed by atoms with Crippen molar-refractivity contribution in [1.29, 1.82) is 0 Å². The summed E-state index contributed by atoms with van der Waals surface area (Å²) in [5.41, 5.74) is 1.31. The Morgan fingerprint density at radius 2 is 1.90 bits per heavy atom. The van der Waals surface area contributed by atoms with Crippen molar-refractivity contribution < 1.29 is 14.3 Å². The summed E-state index contributed by atoms with van der Waals surface area (Å²) in [6.07, 6.45) is 1.17. The number of aliphatic hydroxyl groups is 1. The maximum Gasteiger partial charge on any atom is 0.129 e. The molecule has 0 bridgehead atoms. The minimum Gasteiger partial charge on any atom is -0.462 e. The molecule has 112 valence electrons. The van der Waals surface area contributed by atoms with Gasteiger partial charge in [-0.2, -0.15) is 0 Å². The molecule has 21 heavy (non-hydrogen) atoms. The third-order valence-corrected chi connectivity index (χ3v) is 3.78. The second-order valence-electron chi connectivity index (χ2n) is 5.44. The molecule has 0 aliphatic carbocycles. The summed E-state index contributed by atoms with van der Waals surface area (Å²) >= 11 is 0. The first kappa shape index (κ1) is 14.3. The van der Waals surface area contributed by atoms with Gasteiger partial charge in [0.25, 0.3) is 0 Å². The average Bonchev–Trinajstić information content (AvgIpc) is 2.96. The fourth-order valence-corrected chi connectivity index (χ4v) is 2.74. The predicted octanol–water partition coefficient (Wildman–Crippen LogP) is 2.22. The number of ether oxygens (including phenoxy) is 1. The highest BCUT2D eigenvalue weighted by Crippen LogP contribution is 2.16. The zero-order chi connectivity index (χ0) is 14.5. The van der Waals surface area contributed by atoms with Crippen LogP contribution in [0.4, 0.5) is 0 Å². The Labute approximate surface area is 124 Å². The number of furan rings is 1. The van der Waals surface area contributed by atoms with E-state index in [1.807, 2.05) is 18.2 Å². The zero-order valence-corrected chi connectivity index (χ0v) is 12.1. The lowest BCUT2D eigenvalue weighted by Gasteiger charge is -2.32. The molecule has 1 aromatic carbocycles. The summed E-state index contributed by atoms with van der Waals surface area (Å²) in [5, 5.41) is 9.04. The van der Waals surface area contributed by atoms with Gasteiger partial charge >= 0.3 is 0 Å². The molecule has 1 aromatic heterocycles. The Kier molecular flexibility index (Phi) is 4.70.